The lowest BCUT2D eigenvalue weighted by molar-refractivity contribution is -0.118. The van der Waals surface area contributed by atoms with Crippen LogP contribution in [0.1, 0.15) is 5.56 Å². The summed E-state index contributed by atoms with van der Waals surface area (Å²) in [6.45, 7) is 0.0774. The fourth-order valence-electron chi connectivity index (χ4n) is 2.25. The molecule has 0 unspecified atom stereocenters. The van der Waals surface area contributed by atoms with E-state index in [9.17, 15) is 13.2 Å². The Balaban J connectivity index is 2.01. The maximum atomic E-state index is 11.7. The molecule has 98 valence electrons. The normalized spacial score (nSPS) is 18.6. The average molecular weight is 276 g/mol. The third-order valence-electron chi connectivity index (χ3n) is 3.13. The Morgan fingerprint density at radius 1 is 1.11 bits per heavy atom. The van der Waals surface area contributed by atoms with Crippen molar-refractivity contribution in [3.8, 4) is 0 Å². The van der Waals surface area contributed by atoms with Gasteiger partial charge in [-0.15, -0.1) is 0 Å². The Morgan fingerprint density at radius 3 is 2.58 bits per heavy atom. The second-order valence-electron chi connectivity index (χ2n) is 4.44. The van der Waals surface area contributed by atoms with Crippen LogP contribution in [-0.4, -0.2) is 25.2 Å². The Bertz CT molecular complexity index is 750. The molecule has 2 aromatic rings. The molecule has 1 amide bonds. The largest absolute Gasteiger partial charge is 0.304 e. The van der Waals surface area contributed by atoms with Gasteiger partial charge in [-0.1, -0.05) is 42.5 Å². The quantitative estimate of drug-likeness (QED) is 0.890. The van der Waals surface area contributed by atoms with E-state index >= 15 is 0 Å². The third kappa shape index (κ3) is 2.20. The first-order valence-electron chi connectivity index (χ1n) is 5.84. The summed E-state index contributed by atoms with van der Waals surface area (Å²) in [7, 11) is -3.67. The number of hydrogen-bond donors (Lipinski definition) is 1. The fraction of sp³-hybridized carbons (Fsp3) is 0.154. The maximum Gasteiger partial charge on any atom is 0.304 e. The van der Waals surface area contributed by atoms with Crippen molar-refractivity contribution in [1.29, 1.82) is 0 Å². The Labute approximate surface area is 111 Å². The highest BCUT2D eigenvalue weighted by molar-refractivity contribution is 7.88. The molecule has 0 aliphatic carbocycles. The zero-order valence-corrected chi connectivity index (χ0v) is 10.9. The van der Waals surface area contributed by atoms with Gasteiger partial charge in [0.15, 0.2) is 0 Å². The van der Waals surface area contributed by atoms with E-state index < -0.39 is 16.1 Å². The van der Waals surface area contributed by atoms with E-state index in [1.54, 1.807) is 0 Å². The first-order chi connectivity index (χ1) is 9.06. The minimum Gasteiger partial charge on any atom is -0.272 e. The second kappa shape index (κ2) is 4.32. The van der Waals surface area contributed by atoms with E-state index in [1.807, 2.05) is 47.2 Å². The van der Waals surface area contributed by atoms with Crippen LogP contribution in [-0.2, 0) is 21.5 Å². The molecule has 0 atom stereocenters. The summed E-state index contributed by atoms with van der Waals surface area (Å²) >= 11 is 0. The first-order valence-corrected chi connectivity index (χ1v) is 7.28. The molecule has 0 radical (unpaired) electrons. The summed E-state index contributed by atoms with van der Waals surface area (Å²) in [6.07, 6.45) is 0. The number of nitrogens with zero attached hydrogens (tertiary/aromatic N) is 1. The molecular formula is C13H12N2O3S. The first kappa shape index (κ1) is 12.1. The van der Waals surface area contributed by atoms with Gasteiger partial charge in [0.2, 0.25) is 5.91 Å². The van der Waals surface area contributed by atoms with Gasteiger partial charge in [0.1, 0.15) is 0 Å². The summed E-state index contributed by atoms with van der Waals surface area (Å²) < 4.78 is 26.5. The van der Waals surface area contributed by atoms with Gasteiger partial charge in [-0.25, -0.2) is 4.72 Å². The number of nitrogens with one attached hydrogen (secondary N) is 1. The van der Waals surface area contributed by atoms with Crippen LogP contribution in [0, 0.1) is 0 Å². The highest BCUT2D eigenvalue weighted by Crippen LogP contribution is 2.21. The van der Waals surface area contributed by atoms with Gasteiger partial charge in [0.05, 0.1) is 6.54 Å². The van der Waals surface area contributed by atoms with Crippen LogP contribution in [0.25, 0.3) is 10.8 Å². The van der Waals surface area contributed by atoms with Gasteiger partial charge >= 0.3 is 10.2 Å². The molecule has 0 saturated carbocycles. The summed E-state index contributed by atoms with van der Waals surface area (Å²) in [5, 5.41) is 2.05. The van der Waals surface area contributed by atoms with Crippen LogP contribution in [0.4, 0.5) is 0 Å². The van der Waals surface area contributed by atoms with Crippen molar-refractivity contribution in [2.24, 2.45) is 0 Å². The van der Waals surface area contributed by atoms with Gasteiger partial charge in [0.25, 0.3) is 0 Å². The molecule has 0 aromatic heterocycles. The average Bonchev–Trinajstić information content (AvgIpc) is 2.62. The number of carbonyl (C=O) groups excluding carboxylic acids is 1. The lowest BCUT2D eigenvalue weighted by atomic mass is 10.0. The molecule has 6 heteroatoms. The van der Waals surface area contributed by atoms with Crippen LogP contribution >= 0.6 is 0 Å². The molecule has 1 aliphatic heterocycles. The molecule has 1 fully saturated rings. The number of carbonyl (C=O) groups is 1. The van der Waals surface area contributed by atoms with Crippen molar-refractivity contribution in [2.75, 3.05) is 6.54 Å². The fourth-order valence-corrected chi connectivity index (χ4v) is 3.32. The smallest absolute Gasteiger partial charge is 0.272 e. The summed E-state index contributed by atoms with van der Waals surface area (Å²) in [4.78, 5) is 11.2. The predicted octanol–water partition coefficient (Wildman–Crippen LogP) is 1.02. The standard InChI is InChI=1S/C13H12N2O3S/c16-13-9-15(19(17,18)14-13)8-11-6-3-5-10-4-1-2-7-12(10)11/h1-7H,8-9H2,(H,14,16). The Hall–Kier alpha value is -1.92. The summed E-state index contributed by atoms with van der Waals surface area (Å²) in [5.41, 5.74) is 0.887. The monoisotopic (exact) mass is 276 g/mol. The number of benzene rings is 2. The molecule has 1 aliphatic rings. The Morgan fingerprint density at radius 2 is 1.84 bits per heavy atom. The van der Waals surface area contributed by atoms with E-state index in [0.29, 0.717) is 0 Å². The number of amides is 1. The summed E-state index contributed by atoms with van der Waals surface area (Å²) in [6, 6.07) is 13.5. The second-order valence-corrected chi connectivity index (χ2v) is 6.11. The van der Waals surface area contributed by atoms with E-state index in [2.05, 4.69) is 0 Å². The van der Waals surface area contributed by atoms with Crippen molar-refractivity contribution < 1.29 is 13.2 Å². The number of hydrogen-bond acceptors (Lipinski definition) is 3. The van der Waals surface area contributed by atoms with Gasteiger partial charge in [0, 0.05) is 6.54 Å². The molecular weight excluding hydrogens is 264 g/mol. The molecule has 1 N–H and O–H groups in total. The van der Waals surface area contributed by atoms with Crippen molar-refractivity contribution >= 4 is 26.9 Å². The molecule has 19 heavy (non-hydrogen) atoms. The highest BCUT2D eigenvalue weighted by Gasteiger charge is 2.33. The zero-order chi connectivity index (χ0) is 13.5. The van der Waals surface area contributed by atoms with E-state index in [-0.39, 0.29) is 13.1 Å². The van der Waals surface area contributed by atoms with Gasteiger partial charge in [-0.3, -0.25) is 4.79 Å². The predicted molar refractivity (Wildman–Crippen MR) is 71.4 cm³/mol. The lowest BCUT2D eigenvalue weighted by Gasteiger charge is -2.13. The van der Waals surface area contributed by atoms with Crippen molar-refractivity contribution in [1.82, 2.24) is 9.03 Å². The zero-order valence-electron chi connectivity index (χ0n) is 10.0. The minimum atomic E-state index is -3.67. The van der Waals surface area contributed by atoms with Crippen LogP contribution < -0.4 is 4.72 Å². The third-order valence-corrected chi connectivity index (χ3v) is 4.55. The number of rotatable bonds is 2. The van der Waals surface area contributed by atoms with E-state index in [4.69, 9.17) is 0 Å². The van der Waals surface area contributed by atoms with Gasteiger partial charge < -0.3 is 0 Å². The van der Waals surface area contributed by atoms with Crippen molar-refractivity contribution in [3.05, 3.63) is 48.0 Å². The Kier molecular flexibility index (Phi) is 2.76. The van der Waals surface area contributed by atoms with Crippen molar-refractivity contribution in [3.63, 3.8) is 0 Å². The minimum absolute atomic E-state index is 0.119. The van der Waals surface area contributed by atoms with Gasteiger partial charge in [-0.05, 0) is 16.3 Å². The highest BCUT2D eigenvalue weighted by atomic mass is 32.2. The van der Waals surface area contributed by atoms with Crippen LogP contribution in [0.2, 0.25) is 0 Å². The van der Waals surface area contributed by atoms with E-state index in [1.165, 1.54) is 0 Å². The van der Waals surface area contributed by atoms with Crippen molar-refractivity contribution in [2.45, 2.75) is 6.54 Å². The molecule has 3 rings (SSSR count). The van der Waals surface area contributed by atoms with Gasteiger partial charge in [-0.2, -0.15) is 12.7 Å². The van der Waals surface area contributed by atoms with Crippen LogP contribution in [0.15, 0.2) is 42.5 Å². The SMILES string of the molecule is O=C1CN(Cc2cccc3ccccc23)S(=O)(=O)N1. The topological polar surface area (TPSA) is 66.5 Å². The molecule has 1 heterocycles. The molecule has 0 spiro atoms. The molecule has 1 saturated heterocycles. The maximum absolute atomic E-state index is 11.7. The molecule has 2 aromatic carbocycles. The number of fused-ring (bicyclic) bond motifs is 1. The lowest BCUT2D eigenvalue weighted by Crippen LogP contribution is -2.29. The molecule has 5 nitrogen and oxygen atoms in total. The summed E-state index contributed by atoms with van der Waals surface area (Å²) in [5.74, 6) is -0.486. The molecule has 0 bridgehead atoms. The van der Waals surface area contributed by atoms with Crippen LogP contribution in [0.3, 0.4) is 0 Å². The van der Waals surface area contributed by atoms with E-state index in [0.717, 1.165) is 20.6 Å². The van der Waals surface area contributed by atoms with Crippen LogP contribution in [0.5, 0.6) is 0 Å².